The molecule has 1 aliphatic heterocycles. The van der Waals surface area contributed by atoms with Gasteiger partial charge in [0.15, 0.2) is 0 Å². The van der Waals surface area contributed by atoms with Gasteiger partial charge in [0.2, 0.25) is 0 Å². The summed E-state index contributed by atoms with van der Waals surface area (Å²) in [5.41, 5.74) is 11.1. The van der Waals surface area contributed by atoms with Gasteiger partial charge < -0.3 is 21.7 Å². The molecule has 0 radical (unpaired) electrons. The number of aromatic nitrogens is 1. The van der Waals surface area contributed by atoms with Crippen molar-refractivity contribution in [3.8, 4) is 10.4 Å². The number of nitrogens with zero attached hydrogens (tertiary/aromatic N) is 2. The fourth-order valence-electron chi connectivity index (χ4n) is 3.99. The lowest BCUT2D eigenvalue weighted by Crippen LogP contribution is -2.24. The van der Waals surface area contributed by atoms with Crippen LogP contribution >= 0.6 is 11.3 Å². The maximum Gasteiger partial charge on any atom is 0.255 e. The minimum atomic E-state index is -0.326. The number of hydrogen-bond acceptors (Lipinski definition) is 7. The Balaban J connectivity index is 1.26. The molecule has 7 nitrogen and oxygen atoms in total. The van der Waals surface area contributed by atoms with Gasteiger partial charge in [0.1, 0.15) is 24.1 Å². The standard InChI is InChI=1S/C27H25FN6OS/c1-16-4-6-19(28)11-18(16)13-32-27(35)21-3-2-10-30-26(21)31-14-20-7-9-24(36-20)17-5-8-23-22(12-17)25(29)34-15-33-23/h2-12,33H,13-15H2,1H3,(H2,29,34)(H,30,31)(H,32,35). The predicted octanol–water partition coefficient (Wildman–Crippen LogP) is 4.89. The number of nitrogens with one attached hydrogen (secondary N) is 3. The Bertz CT molecular complexity index is 1460. The summed E-state index contributed by atoms with van der Waals surface area (Å²) in [5.74, 6) is 0.429. The van der Waals surface area contributed by atoms with E-state index >= 15 is 0 Å². The molecule has 0 saturated heterocycles. The summed E-state index contributed by atoms with van der Waals surface area (Å²) in [4.78, 5) is 23.7. The summed E-state index contributed by atoms with van der Waals surface area (Å²) < 4.78 is 13.6. The highest BCUT2D eigenvalue weighted by molar-refractivity contribution is 7.15. The second-order valence-electron chi connectivity index (χ2n) is 8.41. The van der Waals surface area contributed by atoms with E-state index in [4.69, 9.17) is 5.73 Å². The number of carbonyl (C=O) groups is 1. The number of amidine groups is 1. The van der Waals surface area contributed by atoms with Gasteiger partial charge in [0.25, 0.3) is 5.91 Å². The zero-order chi connectivity index (χ0) is 25.1. The molecule has 2 aromatic carbocycles. The Morgan fingerprint density at radius 1 is 1.14 bits per heavy atom. The maximum atomic E-state index is 13.6. The second kappa shape index (κ2) is 10.2. The molecule has 36 heavy (non-hydrogen) atoms. The fourth-order valence-corrected chi connectivity index (χ4v) is 4.93. The van der Waals surface area contributed by atoms with Gasteiger partial charge in [-0.25, -0.2) is 14.4 Å². The molecule has 0 fully saturated rings. The van der Waals surface area contributed by atoms with Crippen molar-refractivity contribution in [1.82, 2.24) is 10.3 Å². The molecule has 0 unspecified atom stereocenters. The summed E-state index contributed by atoms with van der Waals surface area (Å²) >= 11 is 1.65. The van der Waals surface area contributed by atoms with Crippen LogP contribution < -0.4 is 21.7 Å². The Morgan fingerprint density at radius 2 is 2.03 bits per heavy atom. The number of pyridine rings is 1. The predicted molar refractivity (Wildman–Crippen MR) is 143 cm³/mol. The molecule has 0 atom stereocenters. The third-order valence-corrected chi connectivity index (χ3v) is 7.13. The Hall–Kier alpha value is -4.24. The number of hydrogen-bond donors (Lipinski definition) is 4. The van der Waals surface area contributed by atoms with Crippen LogP contribution in [-0.2, 0) is 13.1 Å². The normalized spacial score (nSPS) is 12.3. The van der Waals surface area contributed by atoms with Crippen molar-refractivity contribution >= 4 is 34.6 Å². The van der Waals surface area contributed by atoms with Gasteiger partial charge in [0.05, 0.1) is 12.1 Å². The van der Waals surface area contributed by atoms with Crippen LogP contribution in [-0.4, -0.2) is 23.4 Å². The van der Waals surface area contributed by atoms with E-state index in [1.54, 1.807) is 35.7 Å². The van der Waals surface area contributed by atoms with Crippen LogP contribution in [0.2, 0.25) is 0 Å². The molecule has 2 aromatic heterocycles. The Labute approximate surface area is 212 Å². The molecular weight excluding hydrogens is 475 g/mol. The Morgan fingerprint density at radius 3 is 2.92 bits per heavy atom. The smallest absolute Gasteiger partial charge is 0.255 e. The van der Waals surface area contributed by atoms with Gasteiger partial charge >= 0.3 is 0 Å². The SMILES string of the molecule is Cc1ccc(F)cc1CNC(=O)c1cccnc1NCc1ccc(-c2ccc3c(c2)C(N)=NCN3)s1. The molecule has 182 valence electrons. The van der Waals surface area contributed by atoms with Crippen molar-refractivity contribution in [2.24, 2.45) is 10.7 Å². The summed E-state index contributed by atoms with van der Waals surface area (Å²) in [6.45, 7) is 3.12. The van der Waals surface area contributed by atoms with Gasteiger partial charge in [-0.3, -0.25) is 4.79 Å². The van der Waals surface area contributed by atoms with Crippen LogP contribution in [0.15, 0.2) is 71.9 Å². The summed E-state index contributed by atoms with van der Waals surface area (Å²) in [5, 5.41) is 9.37. The van der Waals surface area contributed by atoms with E-state index in [0.717, 1.165) is 37.7 Å². The van der Waals surface area contributed by atoms with E-state index in [0.29, 0.717) is 30.4 Å². The molecule has 1 amide bonds. The van der Waals surface area contributed by atoms with Crippen LogP contribution in [0.5, 0.6) is 0 Å². The van der Waals surface area contributed by atoms with E-state index < -0.39 is 0 Å². The molecule has 0 aliphatic carbocycles. The monoisotopic (exact) mass is 500 g/mol. The van der Waals surface area contributed by atoms with E-state index in [1.165, 1.54) is 12.1 Å². The van der Waals surface area contributed by atoms with Gasteiger partial charge in [0, 0.05) is 33.7 Å². The van der Waals surface area contributed by atoms with Gasteiger partial charge in [-0.2, -0.15) is 0 Å². The number of nitrogens with two attached hydrogens (primary N) is 1. The highest BCUT2D eigenvalue weighted by atomic mass is 32.1. The first-order valence-electron chi connectivity index (χ1n) is 11.5. The largest absolute Gasteiger partial charge is 0.383 e. The number of halogens is 1. The summed E-state index contributed by atoms with van der Waals surface area (Å²) in [7, 11) is 0. The molecule has 1 aliphatic rings. The molecule has 5 rings (SSSR count). The second-order valence-corrected chi connectivity index (χ2v) is 9.58. The number of thiophene rings is 1. The van der Waals surface area contributed by atoms with Crippen molar-refractivity contribution in [3.05, 3.63) is 99.8 Å². The average Bonchev–Trinajstić information content (AvgIpc) is 3.37. The summed E-state index contributed by atoms with van der Waals surface area (Å²) in [6.07, 6.45) is 1.64. The van der Waals surface area contributed by atoms with Crippen molar-refractivity contribution < 1.29 is 9.18 Å². The third kappa shape index (κ3) is 5.06. The van der Waals surface area contributed by atoms with Crippen molar-refractivity contribution in [2.75, 3.05) is 17.3 Å². The first kappa shape index (κ1) is 23.5. The topological polar surface area (TPSA) is 104 Å². The molecule has 0 bridgehead atoms. The van der Waals surface area contributed by atoms with Crippen LogP contribution in [0.4, 0.5) is 15.9 Å². The summed E-state index contributed by atoms with van der Waals surface area (Å²) in [6, 6.07) is 18.2. The van der Waals surface area contributed by atoms with Crippen LogP contribution in [0, 0.1) is 12.7 Å². The molecular formula is C27H25FN6OS. The highest BCUT2D eigenvalue weighted by Gasteiger charge is 2.15. The number of rotatable bonds is 7. The first-order valence-corrected chi connectivity index (χ1v) is 12.3. The van der Waals surface area contributed by atoms with Gasteiger partial charge in [-0.15, -0.1) is 11.3 Å². The van der Waals surface area contributed by atoms with E-state index in [2.05, 4.69) is 44.1 Å². The number of anilines is 2. The molecule has 4 aromatic rings. The van der Waals surface area contributed by atoms with Crippen molar-refractivity contribution in [3.63, 3.8) is 0 Å². The highest BCUT2D eigenvalue weighted by Crippen LogP contribution is 2.32. The lowest BCUT2D eigenvalue weighted by atomic mass is 10.1. The number of carbonyl (C=O) groups excluding carboxylic acids is 1. The van der Waals surface area contributed by atoms with Crippen LogP contribution in [0.1, 0.15) is 31.9 Å². The number of aryl methyl sites for hydroxylation is 1. The quantitative estimate of drug-likeness (QED) is 0.289. The van der Waals surface area contributed by atoms with Gasteiger partial charge in [-0.1, -0.05) is 12.1 Å². The third-order valence-electron chi connectivity index (χ3n) is 5.99. The minimum absolute atomic E-state index is 0.233. The number of aliphatic imine (C=N–C) groups is 1. The van der Waals surface area contributed by atoms with Crippen LogP contribution in [0.25, 0.3) is 10.4 Å². The molecule has 3 heterocycles. The minimum Gasteiger partial charge on any atom is -0.383 e. The maximum absolute atomic E-state index is 13.6. The molecule has 0 spiro atoms. The lowest BCUT2D eigenvalue weighted by Gasteiger charge is -2.16. The number of amides is 1. The van der Waals surface area contributed by atoms with Crippen molar-refractivity contribution in [2.45, 2.75) is 20.0 Å². The van der Waals surface area contributed by atoms with E-state index in [1.807, 2.05) is 19.1 Å². The fraction of sp³-hybridized carbons (Fsp3) is 0.148. The lowest BCUT2D eigenvalue weighted by molar-refractivity contribution is 0.0951. The van der Waals surface area contributed by atoms with Gasteiger partial charge in [-0.05, 0) is 72.1 Å². The van der Waals surface area contributed by atoms with E-state index in [-0.39, 0.29) is 18.3 Å². The Kier molecular flexibility index (Phi) is 6.64. The van der Waals surface area contributed by atoms with Crippen molar-refractivity contribution in [1.29, 1.82) is 0 Å². The zero-order valence-electron chi connectivity index (χ0n) is 19.6. The number of fused-ring (bicyclic) bond motifs is 1. The molecule has 0 saturated carbocycles. The first-order chi connectivity index (χ1) is 17.5. The van der Waals surface area contributed by atoms with Crippen LogP contribution in [0.3, 0.4) is 0 Å². The average molecular weight is 501 g/mol. The molecule has 5 N–H and O–H groups in total. The zero-order valence-corrected chi connectivity index (χ0v) is 20.5. The van der Waals surface area contributed by atoms with E-state index in [9.17, 15) is 9.18 Å². The number of benzene rings is 2. The molecule has 9 heteroatoms.